The van der Waals surface area contributed by atoms with Crippen LogP contribution in [0.2, 0.25) is 0 Å². The predicted octanol–water partition coefficient (Wildman–Crippen LogP) is 3.95. The number of pyridine rings is 1. The van der Waals surface area contributed by atoms with Crippen LogP contribution in [0.4, 0.5) is 5.69 Å². The Morgan fingerprint density at radius 2 is 2.13 bits per heavy atom. The van der Waals surface area contributed by atoms with Gasteiger partial charge in [-0.2, -0.15) is 0 Å². The Balaban J connectivity index is 1.95. The Morgan fingerprint density at radius 1 is 1.35 bits per heavy atom. The van der Waals surface area contributed by atoms with Crippen molar-refractivity contribution in [3.63, 3.8) is 0 Å². The summed E-state index contributed by atoms with van der Waals surface area (Å²) in [5.41, 5.74) is 6.44. The fraction of sp³-hybridized carbons (Fsp3) is 0.294. The van der Waals surface area contributed by atoms with E-state index in [0.29, 0.717) is 29.7 Å². The molecule has 1 aromatic carbocycles. The number of anilines is 1. The first-order chi connectivity index (χ1) is 10.9. The first kappa shape index (κ1) is 17.4. The second-order valence-corrected chi connectivity index (χ2v) is 6.59. The summed E-state index contributed by atoms with van der Waals surface area (Å²) in [7, 11) is 0. The Labute approximate surface area is 144 Å². The first-order valence-electron chi connectivity index (χ1n) is 7.40. The van der Waals surface area contributed by atoms with Crippen LogP contribution in [0.15, 0.2) is 47.1 Å². The van der Waals surface area contributed by atoms with E-state index in [-0.39, 0.29) is 5.91 Å². The van der Waals surface area contributed by atoms with Crippen molar-refractivity contribution in [3.05, 3.63) is 47.1 Å². The molecule has 0 fully saturated rings. The molecule has 0 unspecified atom stereocenters. The number of nitrogens with one attached hydrogen (secondary N) is 1. The maximum atomic E-state index is 12.0. The van der Waals surface area contributed by atoms with Crippen molar-refractivity contribution in [2.45, 2.75) is 26.3 Å². The zero-order valence-electron chi connectivity index (χ0n) is 13.1. The maximum Gasteiger partial charge on any atom is 0.241 e. The number of rotatable bonds is 6. The molecule has 6 heteroatoms. The van der Waals surface area contributed by atoms with Crippen molar-refractivity contribution >= 4 is 27.5 Å². The van der Waals surface area contributed by atoms with Crippen LogP contribution >= 0.6 is 15.9 Å². The summed E-state index contributed by atoms with van der Waals surface area (Å²) in [4.78, 5) is 16.1. The Kier molecular flexibility index (Phi) is 6.12. The Morgan fingerprint density at radius 3 is 2.74 bits per heavy atom. The first-order valence-corrected chi connectivity index (χ1v) is 8.19. The van der Waals surface area contributed by atoms with Gasteiger partial charge in [-0.25, -0.2) is 4.98 Å². The van der Waals surface area contributed by atoms with Crippen LogP contribution in [0.25, 0.3) is 0 Å². The highest BCUT2D eigenvalue weighted by atomic mass is 79.9. The number of ether oxygens (including phenoxy) is 1. The zero-order chi connectivity index (χ0) is 16.8. The van der Waals surface area contributed by atoms with Crippen LogP contribution in [0.3, 0.4) is 0 Å². The van der Waals surface area contributed by atoms with Crippen LogP contribution < -0.4 is 15.8 Å². The van der Waals surface area contributed by atoms with E-state index >= 15 is 0 Å². The molecule has 1 amide bonds. The lowest BCUT2D eigenvalue weighted by Crippen LogP contribution is -2.36. The third-order valence-corrected chi connectivity index (χ3v) is 3.58. The van der Waals surface area contributed by atoms with Crippen molar-refractivity contribution < 1.29 is 9.53 Å². The van der Waals surface area contributed by atoms with Crippen LogP contribution in [-0.4, -0.2) is 16.9 Å². The number of nitrogens with two attached hydrogens (primary N) is 1. The topological polar surface area (TPSA) is 77.2 Å². The van der Waals surface area contributed by atoms with Gasteiger partial charge in [0, 0.05) is 10.5 Å². The molecular formula is C17H20BrN3O2. The second kappa shape index (κ2) is 8.08. The molecule has 0 radical (unpaired) electrons. The standard InChI is InChI=1S/C17H20BrN3O2/c1-11(2)8-15(19)17(22)21-13-6-7-16(20-10-13)23-14-5-3-4-12(18)9-14/h3-7,9-11,15H,8,19H2,1-2H3,(H,21,22)/t15-/m0/s1. The molecule has 0 spiro atoms. The molecule has 0 bridgehead atoms. The molecule has 23 heavy (non-hydrogen) atoms. The highest BCUT2D eigenvalue weighted by molar-refractivity contribution is 9.10. The van der Waals surface area contributed by atoms with E-state index < -0.39 is 6.04 Å². The summed E-state index contributed by atoms with van der Waals surface area (Å²) >= 11 is 3.38. The quantitative estimate of drug-likeness (QED) is 0.798. The fourth-order valence-corrected chi connectivity index (χ4v) is 2.39. The zero-order valence-corrected chi connectivity index (χ0v) is 14.7. The molecule has 3 N–H and O–H groups in total. The van der Waals surface area contributed by atoms with E-state index in [1.807, 2.05) is 38.1 Å². The van der Waals surface area contributed by atoms with Crippen LogP contribution in [0.5, 0.6) is 11.6 Å². The number of nitrogens with zero attached hydrogens (tertiary/aromatic N) is 1. The molecule has 0 saturated heterocycles. The molecule has 0 aliphatic rings. The van der Waals surface area contributed by atoms with Crippen molar-refractivity contribution in [1.82, 2.24) is 4.98 Å². The lowest BCUT2D eigenvalue weighted by molar-refractivity contribution is -0.117. The normalized spacial score (nSPS) is 12.0. The molecule has 1 atom stereocenters. The second-order valence-electron chi connectivity index (χ2n) is 5.67. The summed E-state index contributed by atoms with van der Waals surface area (Å²) in [6.07, 6.45) is 2.19. The van der Waals surface area contributed by atoms with Gasteiger partial charge in [0.1, 0.15) is 5.75 Å². The maximum absolute atomic E-state index is 12.0. The number of aromatic nitrogens is 1. The Bertz CT molecular complexity index is 659. The monoisotopic (exact) mass is 377 g/mol. The molecule has 1 heterocycles. The number of hydrogen-bond acceptors (Lipinski definition) is 4. The number of hydrogen-bond donors (Lipinski definition) is 2. The van der Waals surface area contributed by atoms with Gasteiger partial charge in [-0.3, -0.25) is 4.79 Å². The molecule has 5 nitrogen and oxygen atoms in total. The minimum absolute atomic E-state index is 0.207. The van der Waals surface area contributed by atoms with E-state index in [4.69, 9.17) is 10.5 Å². The summed E-state index contributed by atoms with van der Waals surface area (Å²) in [6, 6.07) is 10.4. The lowest BCUT2D eigenvalue weighted by atomic mass is 10.0. The van der Waals surface area contributed by atoms with Gasteiger partial charge in [0.25, 0.3) is 0 Å². The lowest BCUT2D eigenvalue weighted by Gasteiger charge is -2.14. The van der Waals surface area contributed by atoms with Crippen molar-refractivity contribution in [2.24, 2.45) is 11.7 Å². The molecule has 0 aliphatic carbocycles. The highest BCUT2D eigenvalue weighted by Gasteiger charge is 2.15. The van der Waals surface area contributed by atoms with Gasteiger partial charge in [-0.05, 0) is 36.6 Å². The Hall–Kier alpha value is -1.92. The van der Waals surface area contributed by atoms with E-state index in [9.17, 15) is 4.79 Å². The van der Waals surface area contributed by atoms with E-state index in [0.717, 1.165) is 4.47 Å². The summed E-state index contributed by atoms with van der Waals surface area (Å²) in [5.74, 6) is 1.30. The number of benzene rings is 1. The minimum Gasteiger partial charge on any atom is -0.439 e. The van der Waals surface area contributed by atoms with E-state index in [2.05, 4.69) is 26.2 Å². The smallest absolute Gasteiger partial charge is 0.241 e. The molecule has 122 valence electrons. The number of carbonyl (C=O) groups excluding carboxylic acids is 1. The summed E-state index contributed by atoms with van der Waals surface area (Å²) in [5, 5.41) is 2.76. The van der Waals surface area contributed by atoms with Crippen LogP contribution in [0, 0.1) is 5.92 Å². The third kappa shape index (κ3) is 5.65. The predicted molar refractivity (Wildman–Crippen MR) is 94.5 cm³/mol. The number of halogens is 1. The van der Waals surface area contributed by atoms with Crippen molar-refractivity contribution in [1.29, 1.82) is 0 Å². The van der Waals surface area contributed by atoms with E-state index in [1.165, 1.54) is 0 Å². The largest absolute Gasteiger partial charge is 0.439 e. The van der Waals surface area contributed by atoms with Gasteiger partial charge in [0.2, 0.25) is 11.8 Å². The SMILES string of the molecule is CC(C)C[C@H](N)C(=O)Nc1ccc(Oc2cccc(Br)c2)nc1. The van der Waals surface area contributed by atoms with Gasteiger partial charge in [0.05, 0.1) is 17.9 Å². The van der Waals surface area contributed by atoms with Crippen molar-refractivity contribution in [3.8, 4) is 11.6 Å². The number of amides is 1. The average molecular weight is 378 g/mol. The van der Waals surface area contributed by atoms with Crippen LogP contribution in [0.1, 0.15) is 20.3 Å². The molecule has 2 aromatic rings. The third-order valence-electron chi connectivity index (χ3n) is 3.08. The molecule has 1 aromatic heterocycles. The van der Waals surface area contributed by atoms with Crippen LogP contribution in [-0.2, 0) is 4.79 Å². The average Bonchev–Trinajstić information content (AvgIpc) is 2.48. The summed E-state index contributed by atoms with van der Waals surface area (Å²) < 4.78 is 6.57. The number of carbonyl (C=O) groups is 1. The fourth-order valence-electron chi connectivity index (χ4n) is 2.02. The highest BCUT2D eigenvalue weighted by Crippen LogP contribution is 2.23. The van der Waals surface area contributed by atoms with Gasteiger partial charge in [-0.1, -0.05) is 35.8 Å². The van der Waals surface area contributed by atoms with Gasteiger partial charge in [-0.15, -0.1) is 0 Å². The molecule has 0 saturated carbocycles. The molecular weight excluding hydrogens is 358 g/mol. The minimum atomic E-state index is -0.521. The van der Waals surface area contributed by atoms with Crippen molar-refractivity contribution in [2.75, 3.05) is 5.32 Å². The summed E-state index contributed by atoms with van der Waals surface area (Å²) in [6.45, 7) is 4.06. The van der Waals surface area contributed by atoms with Gasteiger partial charge < -0.3 is 15.8 Å². The van der Waals surface area contributed by atoms with E-state index in [1.54, 1.807) is 18.3 Å². The van der Waals surface area contributed by atoms with Gasteiger partial charge in [0.15, 0.2) is 0 Å². The van der Waals surface area contributed by atoms with Gasteiger partial charge >= 0.3 is 0 Å². The molecule has 2 rings (SSSR count). The molecule has 0 aliphatic heterocycles.